The van der Waals surface area contributed by atoms with Crippen LogP contribution in [0.3, 0.4) is 0 Å². The van der Waals surface area contributed by atoms with E-state index in [1.807, 2.05) is 18.3 Å². The van der Waals surface area contributed by atoms with Crippen LogP contribution in [0.2, 0.25) is 0 Å². The van der Waals surface area contributed by atoms with Crippen molar-refractivity contribution in [1.82, 2.24) is 4.98 Å². The molecule has 1 aromatic heterocycles. The van der Waals surface area contributed by atoms with Crippen LogP contribution in [0.25, 0.3) is 0 Å². The molecular formula is C11H13NO. The van der Waals surface area contributed by atoms with Crippen LogP contribution < -0.4 is 4.74 Å². The van der Waals surface area contributed by atoms with Crippen LogP contribution in [0.15, 0.2) is 18.3 Å². The summed E-state index contributed by atoms with van der Waals surface area (Å²) in [6.07, 6.45) is 7.42. The molecule has 1 aromatic rings. The number of rotatable bonds is 0. The molecule has 2 atom stereocenters. The van der Waals surface area contributed by atoms with E-state index < -0.39 is 0 Å². The smallest absolute Gasteiger partial charge is 0.141 e. The average Bonchev–Trinajstić information content (AvgIpc) is 2.56. The van der Waals surface area contributed by atoms with Crippen molar-refractivity contribution in [2.24, 2.45) is 0 Å². The molecule has 68 valence electrons. The van der Waals surface area contributed by atoms with Crippen LogP contribution in [0, 0.1) is 0 Å². The summed E-state index contributed by atoms with van der Waals surface area (Å²) in [5, 5.41) is 0. The number of nitrogens with zero attached hydrogens (tertiary/aromatic N) is 1. The SMILES string of the molecule is c1cnc2c(c1)O[C@@H]1CCCC[C@H]21. The van der Waals surface area contributed by atoms with E-state index in [2.05, 4.69) is 4.98 Å². The van der Waals surface area contributed by atoms with Crippen molar-refractivity contribution in [2.45, 2.75) is 37.7 Å². The van der Waals surface area contributed by atoms with Gasteiger partial charge in [-0.1, -0.05) is 6.42 Å². The van der Waals surface area contributed by atoms with E-state index in [1.165, 1.54) is 31.4 Å². The number of pyridine rings is 1. The highest BCUT2D eigenvalue weighted by molar-refractivity contribution is 5.35. The Kier molecular flexibility index (Phi) is 1.54. The highest BCUT2D eigenvalue weighted by atomic mass is 16.5. The molecule has 0 unspecified atom stereocenters. The van der Waals surface area contributed by atoms with Crippen LogP contribution in [0.5, 0.6) is 5.75 Å². The maximum atomic E-state index is 5.85. The highest BCUT2D eigenvalue weighted by Crippen LogP contribution is 2.43. The molecule has 1 fully saturated rings. The third-order valence-corrected chi connectivity index (χ3v) is 3.13. The lowest BCUT2D eigenvalue weighted by Gasteiger charge is -2.23. The van der Waals surface area contributed by atoms with Crippen LogP contribution in [0.4, 0.5) is 0 Å². The highest BCUT2D eigenvalue weighted by Gasteiger charge is 2.36. The molecule has 2 heterocycles. The van der Waals surface area contributed by atoms with Gasteiger partial charge in [0.15, 0.2) is 0 Å². The summed E-state index contributed by atoms with van der Waals surface area (Å²) in [5.41, 5.74) is 1.20. The Hall–Kier alpha value is -1.05. The standard InChI is InChI=1S/C11H13NO/c1-2-5-9-8(4-1)11-10(13-9)6-3-7-12-11/h3,6-9H,1-2,4-5H2/t8-,9+/m0/s1. The van der Waals surface area contributed by atoms with Crippen molar-refractivity contribution >= 4 is 0 Å². The fourth-order valence-electron chi connectivity index (χ4n) is 2.49. The third kappa shape index (κ3) is 1.05. The number of hydrogen-bond acceptors (Lipinski definition) is 2. The molecule has 1 aliphatic carbocycles. The van der Waals surface area contributed by atoms with Crippen LogP contribution in [0.1, 0.15) is 37.3 Å². The van der Waals surface area contributed by atoms with Gasteiger partial charge in [-0.2, -0.15) is 0 Å². The molecule has 1 aliphatic heterocycles. The molecule has 2 aliphatic rings. The first-order valence-corrected chi connectivity index (χ1v) is 5.07. The van der Waals surface area contributed by atoms with Crippen molar-refractivity contribution in [3.05, 3.63) is 24.0 Å². The summed E-state index contributed by atoms with van der Waals surface area (Å²) >= 11 is 0. The summed E-state index contributed by atoms with van der Waals surface area (Å²) < 4.78 is 5.85. The molecule has 0 N–H and O–H groups in total. The van der Waals surface area contributed by atoms with Crippen molar-refractivity contribution in [1.29, 1.82) is 0 Å². The van der Waals surface area contributed by atoms with Crippen LogP contribution >= 0.6 is 0 Å². The Labute approximate surface area is 77.9 Å². The first-order chi connectivity index (χ1) is 6.45. The third-order valence-electron chi connectivity index (χ3n) is 3.13. The summed E-state index contributed by atoms with van der Waals surface area (Å²) in [5.74, 6) is 1.62. The van der Waals surface area contributed by atoms with Gasteiger partial charge in [0.2, 0.25) is 0 Å². The zero-order chi connectivity index (χ0) is 8.67. The predicted octanol–water partition coefficient (Wildman–Crippen LogP) is 2.50. The molecule has 0 radical (unpaired) electrons. The van der Waals surface area contributed by atoms with Gasteiger partial charge < -0.3 is 4.74 Å². The largest absolute Gasteiger partial charge is 0.488 e. The summed E-state index contributed by atoms with van der Waals surface area (Å²) in [4.78, 5) is 4.42. The zero-order valence-electron chi connectivity index (χ0n) is 7.57. The molecule has 13 heavy (non-hydrogen) atoms. The monoisotopic (exact) mass is 175 g/mol. The number of fused-ring (bicyclic) bond motifs is 3. The molecule has 0 spiro atoms. The van der Waals surface area contributed by atoms with Crippen LogP contribution in [-0.2, 0) is 0 Å². The lowest BCUT2D eigenvalue weighted by atomic mass is 9.85. The second-order valence-corrected chi connectivity index (χ2v) is 3.93. The maximum Gasteiger partial charge on any atom is 0.141 e. The molecule has 0 aromatic carbocycles. The number of aromatic nitrogens is 1. The minimum Gasteiger partial charge on any atom is -0.488 e. The van der Waals surface area contributed by atoms with E-state index >= 15 is 0 Å². The van der Waals surface area contributed by atoms with E-state index in [1.54, 1.807) is 0 Å². The number of ether oxygens (including phenoxy) is 1. The maximum absolute atomic E-state index is 5.85. The lowest BCUT2D eigenvalue weighted by molar-refractivity contribution is 0.163. The second-order valence-electron chi connectivity index (χ2n) is 3.93. The molecule has 0 amide bonds. The van der Waals surface area contributed by atoms with Crippen molar-refractivity contribution < 1.29 is 4.74 Å². The molecule has 3 rings (SSSR count). The van der Waals surface area contributed by atoms with Crippen molar-refractivity contribution in [3.8, 4) is 5.75 Å². The van der Waals surface area contributed by atoms with Crippen molar-refractivity contribution in [2.75, 3.05) is 0 Å². The van der Waals surface area contributed by atoms with Crippen molar-refractivity contribution in [3.63, 3.8) is 0 Å². The zero-order valence-corrected chi connectivity index (χ0v) is 7.57. The van der Waals surface area contributed by atoms with Gasteiger partial charge in [-0.3, -0.25) is 4.98 Å². The number of hydrogen-bond donors (Lipinski definition) is 0. The summed E-state index contributed by atoms with van der Waals surface area (Å²) in [6.45, 7) is 0. The van der Waals surface area contributed by atoms with Gasteiger partial charge in [0.1, 0.15) is 11.9 Å². The average molecular weight is 175 g/mol. The van der Waals surface area contributed by atoms with Gasteiger partial charge in [0.05, 0.1) is 5.69 Å². The molecule has 1 saturated carbocycles. The van der Waals surface area contributed by atoms with Gasteiger partial charge in [-0.15, -0.1) is 0 Å². The molecule has 2 nitrogen and oxygen atoms in total. The Morgan fingerprint density at radius 3 is 3.23 bits per heavy atom. The topological polar surface area (TPSA) is 22.1 Å². The minimum absolute atomic E-state index is 0.429. The normalized spacial score (nSPS) is 30.5. The molecule has 0 bridgehead atoms. The molecular weight excluding hydrogens is 162 g/mol. The van der Waals surface area contributed by atoms with E-state index in [-0.39, 0.29) is 0 Å². The summed E-state index contributed by atoms with van der Waals surface area (Å²) in [6, 6.07) is 4.00. The van der Waals surface area contributed by atoms with Gasteiger partial charge in [-0.25, -0.2) is 0 Å². The Morgan fingerprint density at radius 1 is 1.31 bits per heavy atom. The lowest BCUT2D eigenvalue weighted by Crippen LogP contribution is -2.22. The van der Waals surface area contributed by atoms with Gasteiger partial charge in [0.25, 0.3) is 0 Å². The fraction of sp³-hybridized carbons (Fsp3) is 0.545. The fourth-order valence-corrected chi connectivity index (χ4v) is 2.49. The quantitative estimate of drug-likeness (QED) is 0.604. The van der Waals surface area contributed by atoms with Gasteiger partial charge in [0, 0.05) is 12.1 Å². The van der Waals surface area contributed by atoms with E-state index in [9.17, 15) is 0 Å². The van der Waals surface area contributed by atoms with E-state index in [4.69, 9.17) is 4.74 Å². The first kappa shape index (κ1) is 7.36. The Balaban J connectivity index is 2.01. The first-order valence-electron chi connectivity index (χ1n) is 5.07. The van der Waals surface area contributed by atoms with E-state index in [0.717, 1.165) is 5.75 Å². The molecule has 0 saturated heterocycles. The summed E-state index contributed by atoms with van der Waals surface area (Å²) in [7, 11) is 0. The Morgan fingerprint density at radius 2 is 2.23 bits per heavy atom. The van der Waals surface area contributed by atoms with Crippen LogP contribution in [-0.4, -0.2) is 11.1 Å². The van der Waals surface area contributed by atoms with Gasteiger partial charge in [-0.05, 0) is 31.4 Å². The second kappa shape index (κ2) is 2.72. The minimum atomic E-state index is 0.429. The molecule has 2 heteroatoms. The van der Waals surface area contributed by atoms with E-state index in [0.29, 0.717) is 12.0 Å². The van der Waals surface area contributed by atoms with Gasteiger partial charge >= 0.3 is 0 Å². The Bertz CT molecular complexity index is 324. The predicted molar refractivity (Wildman–Crippen MR) is 49.9 cm³/mol.